The summed E-state index contributed by atoms with van der Waals surface area (Å²) in [6.45, 7) is 0. The van der Waals surface area contributed by atoms with Crippen molar-refractivity contribution in [3.63, 3.8) is 0 Å². The molecule has 2 rings (SSSR count). The van der Waals surface area contributed by atoms with E-state index in [1.54, 1.807) is 0 Å². The molecule has 0 aromatic carbocycles. The molecule has 0 spiro atoms. The Morgan fingerprint density at radius 1 is 1.15 bits per heavy atom. The molecule has 5 heteroatoms. The molecule has 1 aromatic heterocycles. The minimum absolute atomic E-state index is 0.596. The Kier molecular flexibility index (Phi) is 1.82. The number of hydrogen-bond acceptors (Lipinski definition) is 1. The van der Waals surface area contributed by atoms with Crippen LogP contribution in [0.1, 0.15) is 30.1 Å². The van der Waals surface area contributed by atoms with Crippen LogP contribution in [0.3, 0.4) is 0 Å². The van der Waals surface area contributed by atoms with Crippen LogP contribution < -0.4 is 0 Å². The molecule has 0 fully saturated rings. The molecule has 0 saturated heterocycles. The molecule has 1 aliphatic carbocycles. The topological polar surface area (TPSA) is 28.7 Å². The highest BCUT2D eigenvalue weighted by Crippen LogP contribution is 2.29. The van der Waals surface area contributed by atoms with Crippen LogP contribution in [0.25, 0.3) is 0 Å². The Morgan fingerprint density at radius 2 is 1.85 bits per heavy atom. The monoisotopic (exact) mass is 190 g/mol. The van der Waals surface area contributed by atoms with Crippen molar-refractivity contribution in [3.05, 3.63) is 17.2 Å². The number of alkyl halides is 3. The predicted molar refractivity (Wildman–Crippen MR) is 40.2 cm³/mol. The van der Waals surface area contributed by atoms with E-state index in [0.717, 1.165) is 12.8 Å². The van der Waals surface area contributed by atoms with Crippen LogP contribution in [0.15, 0.2) is 0 Å². The molecule has 0 amide bonds. The van der Waals surface area contributed by atoms with Crippen molar-refractivity contribution in [2.75, 3.05) is 0 Å². The first-order valence-corrected chi connectivity index (χ1v) is 4.22. The number of H-pyrrole nitrogens is 1. The van der Waals surface area contributed by atoms with Crippen LogP contribution >= 0.6 is 0 Å². The maximum absolute atomic E-state index is 12.2. The zero-order chi connectivity index (χ0) is 9.47. The van der Waals surface area contributed by atoms with Crippen LogP contribution in [0.5, 0.6) is 0 Å². The summed E-state index contributed by atoms with van der Waals surface area (Å²) in [5.74, 6) is -0.848. The van der Waals surface area contributed by atoms with E-state index in [1.807, 2.05) is 0 Å². The van der Waals surface area contributed by atoms with E-state index in [1.165, 1.54) is 0 Å². The highest BCUT2D eigenvalue weighted by molar-refractivity contribution is 5.18. The minimum atomic E-state index is -4.34. The molecule has 1 N–H and O–H groups in total. The molecular weight excluding hydrogens is 181 g/mol. The fourth-order valence-corrected chi connectivity index (χ4v) is 1.59. The van der Waals surface area contributed by atoms with Crippen molar-refractivity contribution in [3.8, 4) is 0 Å². The molecular formula is C8H9F3N2. The largest absolute Gasteiger partial charge is 0.449 e. The summed E-state index contributed by atoms with van der Waals surface area (Å²) in [5.41, 5.74) is 1.26. The first-order valence-electron chi connectivity index (χ1n) is 4.22. The second-order valence-corrected chi connectivity index (χ2v) is 3.22. The Hall–Kier alpha value is -1.00. The summed E-state index contributed by atoms with van der Waals surface area (Å²) in [5, 5.41) is 0. The van der Waals surface area contributed by atoms with Crippen LogP contribution in [0.4, 0.5) is 13.2 Å². The Morgan fingerprint density at radius 3 is 2.46 bits per heavy atom. The number of nitrogens with one attached hydrogen (secondary N) is 1. The molecule has 1 aromatic rings. The fourth-order valence-electron chi connectivity index (χ4n) is 1.59. The first-order chi connectivity index (χ1) is 6.07. The zero-order valence-electron chi connectivity index (χ0n) is 6.91. The van der Waals surface area contributed by atoms with Gasteiger partial charge in [-0.25, -0.2) is 4.98 Å². The maximum Gasteiger partial charge on any atom is 0.449 e. The van der Waals surface area contributed by atoms with Gasteiger partial charge in [-0.2, -0.15) is 13.2 Å². The van der Waals surface area contributed by atoms with Crippen molar-refractivity contribution < 1.29 is 13.2 Å². The van der Waals surface area contributed by atoms with Gasteiger partial charge in [-0.1, -0.05) is 0 Å². The molecule has 72 valence electrons. The van der Waals surface area contributed by atoms with Gasteiger partial charge in [-0.3, -0.25) is 0 Å². The summed E-state index contributed by atoms with van der Waals surface area (Å²) in [7, 11) is 0. The van der Waals surface area contributed by atoms with E-state index < -0.39 is 12.0 Å². The summed E-state index contributed by atoms with van der Waals surface area (Å²) in [6, 6.07) is 0. The maximum atomic E-state index is 12.2. The van der Waals surface area contributed by atoms with E-state index in [0.29, 0.717) is 24.2 Å². The predicted octanol–water partition coefficient (Wildman–Crippen LogP) is 2.31. The number of imidazole rings is 1. The third-order valence-corrected chi connectivity index (χ3v) is 2.22. The van der Waals surface area contributed by atoms with Crippen LogP contribution in [-0.2, 0) is 19.0 Å². The molecule has 0 atom stereocenters. The molecule has 13 heavy (non-hydrogen) atoms. The number of nitrogens with zero attached hydrogens (tertiary/aromatic N) is 1. The molecule has 0 radical (unpaired) electrons. The van der Waals surface area contributed by atoms with Gasteiger partial charge in [0, 0.05) is 5.69 Å². The van der Waals surface area contributed by atoms with Gasteiger partial charge < -0.3 is 4.98 Å². The molecule has 0 bridgehead atoms. The van der Waals surface area contributed by atoms with Crippen LogP contribution in [0, 0.1) is 0 Å². The number of aromatic nitrogens is 2. The average Bonchev–Trinajstić information content (AvgIpc) is 2.45. The third-order valence-electron chi connectivity index (χ3n) is 2.22. The van der Waals surface area contributed by atoms with Crippen molar-refractivity contribution in [2.24, 2.45) is 0 Å². The van der Waals surface area contributed by atoms with Crippen molar-refractivity contribution >= 4 is 0 Å². The number of halogens is 3. The van der Waals surface area contributed by atoms with Gasteiger partial charge in [-0.15, -0.1) is 0 Å². The molecule has 0 unspecified atom stereocenters. The van der Waals surface area contributed by atoms with E-state index in [-0.39, 0.29) is 0 Å². The fraction of sp³-hybridized carbons (Fsp3) is 0.625. The van der Waals surface area contributed by atoms with Crippen LogP contribution in [-0.4, -0.2) is 9.97 Å². The number of aromatic amines is 1. The number of rotatable bonds is 0. The molecule has 0 saturated carbocycles. The Balaban J connectivity index is 2.36. The highest BCUT2D eigenvalue weighted by Gasteiger charge is 2.35. The quantitative estimate of drug-likeness (QED) is 0.668. The number of fused-ring (bicyclic) bond motifs is 1. The van der Waals surface area contributed by atoms with E-state index in [2.05, 4.69) is 9.97 Å². The van der Waals surface area contributed by atoms with Gasteiger partial charge in [-0.05, 0) is 25.7 Å². The molecule has 0 aliphatic heterocycles. The normalized spacial score (nSPS) is 17.2. The van der Waals surface area contributed by atoms with Gasteiger partial charge >= 0.3 is 6.18 Å². The summed E-state index contributed by atoms with van der Waals surface area (Å²) in [6.07, 6.45) is -1.08. The van der Waals surface area contributed by atoms with Crippen molar-refractivity contribution in [1.82, 2.24) is 9.97 Å². The van der Waals surface area contributed by atoms with Gasteiger partial charge in [0.05, 0.1) is 5.69 Å². The lowest BCUT2D eigenvalue weighted by atomic mass is 10.0. The third kappa shape index (κ3) is 1.55. The average molecular weight is 190 g/mol. The Labute approximate surface area is 73.2 Å². The summed E-state index contributed by atoms with van der Waals surface area (Å²) >= 11 is 0. The second-order valence-electron chi connectivity index (χ2n) is 3.22. The zero-order valence-corrected chi connectivity index (χ0v) is 6.91. The molecule has 1 heterocycles. The van der Waals surface area contributed by atoms with Crippen molar-refractivity contribution in [1.29, 1.82) is 0 Å². The van der Waals surface area contributed by atoms with Crippen molar-refractivity contribution in [2.45, 2.75) is 31.9 Å². The van der Waals surface area contributed by atoms with Gasteiger partial charge in [0.25, 0.3) is 0 Å². The standard InChI is InChI=1S/C8H9F3N2/c9-8(10,11)7-12-5-3-1-2-4-6(5)13-7/h1-4H2,(H,12,13). The first kappa shape index (κ1) is 8.59. The van der Waals surface area contributed by atoms with E-state index in [4.69, 9.17) is 0 Å². The van der Waals surface area contributed by atoms with Gasteiger partial charge in [0.2, 0.25) is 5.82 Å². The second kappa shape index (κ2) is 2.75. The minimum Gasteiger partial charge on any atom is -0.338 e. The van der Waals surface area contributed by atoms with Gasteiger partial charge in [0.1, 0.15) is 0 Å². The number of hydrogen-bond donors (Lipinski definition) is 1. The molecule has 1 aliphatic rings. The van der Waals surface area contributed by atoms with E-state index in [9.17, 15) is 13.2 Å². The smallest absolute Gasteiger partial charge is 0.338 e. The lowest BCUT2D eigenvalue weighted by Crippen LogP contribution is -2.07. The lowest BCUT2D eigenvalue weighted by Gasteiger charge is -2.07. The molecule has 2 nitrogen and oxygen atoms in total. The summed E-state index contributed by atoms with van der Waals surface area (Å²) in [4.78, 5) is 5.88. The number of aryl methyl sites for hydroxylation is 2. The van der Waals surface area contributed by atoms with Gasteiger partial charge in [0.15, 0.2) is 0 Å². The Bertz CT molecular complexity index is 290. The lowest BCUT2D eigenvalue weighted by molar-refractivity contribution is -0.144. The SMILES string of the molecule is FC(F)(F)c1nc2c([nH]1)CCCC2. The van der Waals surface area contributed by atoms with Crippen LogP contribution in [0.2, 0.25) is 0 Å². The highest BCUT2D eigenvalue weighted by atomic mass is 19.4. The summed E-state index contributed by atoms with van der Waals surface area (Å²) < 4.78 is 36.5. The van der Waals surface area contributed by atoms with E-state index >= 15 is 0 Å².